The summed E-state index contributed by atoms with van der Waals surface area (Å²) in [5.74, 6) is 0. The Labute approximate surface area is 115 Å². The first-order valence-electron chi connectivity index (χ1n) is 7.10. The number of aryl methyl sites for hydroxylation is 1. The van der Waals surface area contributed by atoms with Crippen LogP contribution in [0.2, 0.25) is 0 Å². The molecule has 1 fully saturated rings. The smallest absolute Gasteiger partial charge is 0.0354 e. The van der Waals surface area contributed by atoms with E-state index in [0.29, 0.717) is 6.04 Å². The number of rotatable bonds is 5. The van der Waals surface area contributed by atoms with Crippen LogP contribution in [-0.2, 0) is 6.42 Å². The quantitative estimate of drug-likeness (QED) is 0.886. The van der Waals surface area contributed by atoms with Crippen LogP contribution in [0.4, 0.5) is 0 Å². The molecular weight excluding hydrogens is 240 g/mol. The molecular formula is C15H26N2S. The Morgan fingerprint density at radius 2 is 2.06 bits per heavy atom. The summed E-state index contributed by atoms with van der Waals surface area (Å²) in [7, 11) is 4.41. The van der Waals surface area contributed by atoms with Crippen molar-refractivity contribution in [2.75, 3.05) is 14.1 Å². The fourth-order valence-electron chi connectivity index (χ4n) is 3.33. The fourth-order valence-corrected chi connectivity index (χ4v) is 4.06. The Morgan fingerprint density at radius 1 is 1.33 bits per heavy atom. The number of hydrogen-bond acceptors (Lipinski definition) is 3. The summed E-state index contributed by atoms with van der Waals surface area (Å²) >= 11 is 1.85. The molecule has 1 unspecified atom stereocenters. The van der Waals surface area contributed by atoms with E-state index in [1.807, 2.05) is 11.3 Å². The molecule has 102 valence electrons. The van der Waals surface area contributed by atoms with Crippen LogP contribution in [0.1, 0.15) is 43.4 Å². The van der Waals surface area contributed by atoms with E-state index in [1.165, 1.54) is 37.0 Å². The standard InChI is InChI=1S/C15H26N2S/c1-17(2)15(10-4-3-5-11-15)14(16)9-8-13-7-6-12-18-13/h6-7,12,14H,3-5,8-11,16H2,1-2H3. The molecule has 2 nitrogen and oxygen atoms in total. The Bertz CT molecular complexity index is 339. The highest BCUT2D eigenvalue weighted by Gasteiger charge is 2.39. The van der Waals surface area contributed by atoms with E-state index in [0.717, 1.165) is 12.8 Å². The maximum Gasteiger partial charge on any atom is 0.0354 e. The number of likely N-dealkylation sites (N-methyl/N-ethyl adjacent to an activating group) is 1. The van der Waals surface area contributed by atoms with Crippen molar-refractivity contribution in [3.05, 3.63) is 22.4 Å². The Morgan fingerprint density at radius 3 is 2.61 bits per heavy atom. The van der Waals surface area contributed by atoms with Gasteiger partial charge in [-0.15, -0.1) is 11.3 Å². The second-order valence-electron chi connectivity index (χ2n) is 5.78. The van der Waals surface area contributed by atoms with E-state index < -0.39 is 0 Å². The molecule has 0 spiro atoms. The van der Waals surface area contributed by atoms with E-state index >= 15 is 0 Å². The number of hydrogen-bond donors (Lipinski definition) is 1. The number of nitrogens with zero attached hydrogens (tertiary/aromatic N) is 1. The van der Waals surface area contributed by atoms with Gasteiger partial charge in [0, 0.05) is 16.5 Å². The van der Waals surface area contributed by atoms with E-state index in [1.54, 1.807) is 0 Å². The minimum atomic E-state index is 0.246. The Hall–Kier alpha value is -0.380. The lowest BCUT2D eigenvalue weighted by Gasteiger charge is -2.47. The SMILES string of the molecule is CN(C)C1(C(N)CCc2cccs2)CCCCC1. The topological polar surface area (TPSA) is 29.3 Å². The first-order valence-corrected chi connectivity index (χ1v) is 7.98. The van der Waals surface area contributed by atoms with Gasteiger partial charge in [-0.2, -0.15) is 0 Å². The zero-order valence-corrected chi connectivity index (χ0v) is 12.5. The molecule has 0 saturated heterocycles. The van der Waals surface area contributed by atoms with Crippen LogP contribution in [0, 0.1) is 0 Å². The van der Waals surface area contributed by atoms with E-state index in [-0.39, 0.29) is 5.54 Å². The van der Waals surface area contributed by atoms with Gasteiger partial charge in [-0.05, 0) is 51.2 Å². The second kappa shape index (κ2) is 6.18. The van der Waals surface area contributed by atoms with Gasteiger partial charge in [0.2, 0.25) is 0 Å². The summed E-state index contributed by atoms with van der Waals surface area (Å²) in [6.07, 6.45) is 8.84. The van der Waals surface area contributed by atoms with Crippen LogP contribution in [-0.4, -0.2) is 30.6 Å². The molecule has 1 aromatic rings. The molecule has 1 atom stereocenters. The molecule has 0 aliphatic heterocycles. The molecule has 0 aromatic carbocycles. The molecule has 3 heteroatoms. The Kier molecular flexibility index (Phi) is 4.82. The van der Waals surface area contributed by atoms with Gasteiger partial charge < -0.3 is 10.6 Å². The minimum Gasteiger partial charge on any atom is -0.326 e. The summed E-state index contributed by atoms with van der Waals surface area (Å²) in [6.45, 7) is 0. The van der Waals surface area contributed by atoms with Gasteiger partial charge in [0.1, 0.15) is 0 Å². The van der Waals surface area contributed by atoms with Crippen molar-refractivity contribution in [3.8, 4) is 0 Å². The first-order chi connectivity index (χ1) is 8.65. The molecule has 1 aliphatic carbocycles. The largest absolute Gasteiger partial charge is 0.326 e. The van der Waals surface area contributed by atoms with Crippen LogP contribution in [0.15, 0.2) is 17.5 Å². The van der Waals surface area contributed by atoms with E-state index in [2.05, 4.69) is 36.5 Å². The molecule has 1 heterocycles. The highest BCUT2D eigenvalue weighted by atomic mass is 32.1. The second-order valence-corrected chi connectivity index (χ2v) is 6.82. The van der Waals surface area contributed by atoms with Crippen molar-refractivity contribution in [2.24, 2.45) is 5.73 Å². The van der Waals surface area contributed by atoms with Crippen molar-refractivity contribution in [1.82, 2.24) is 4.90 Å². The van der Waals surface area contributed by atoms with Gasteiger partial charge in [-0.25, -0.2) is 0 Å². The van der Waals surface area contributed by atoms with Gasteiger partial charge in [0.15, 0.2) is 0 Å². The maximum atomic E-state index is 6.56. The third kappa shape index (κ3) is 2.95. The molecule has 18 heavy (non-hydrogen) atoms. The van der Waals surface area contributed by atoms with Crippen molar-refractivity contribution in [3.63, 3.8) is 0 Å². The Balaban J connectivity index is 1.97. The zero-order chi connectivity index (χ0) is 13.0. The lowest BCUT2D eigenvalue weighted by atomic mass is 9.74. The normalized spacial score (nSPS) is 21.1. The van der Waals surface area contributed by atoms with Gasteiger partial charge >= 0.3 is 0 Å². The number of thiophene rings is 1. The van der Waals surface area contributed by atoms with Gasteiger partial charge in [0.05, 0.1) is 0 Å². The van der Waals surface area contributed by atoms with Gasteiger partial charge in [-0.1, -0.05) is 25.3 Å². The van der Waals surface area contributed by atoms with Crippen molar-refractivity contribution >= 4 is 11.3 Å². The molecule has 0 amide bonds. The molecule has 2 N–H and O–H groups in total. The van der Waals surface area contributed by atoms with Crippen LogP contribution in [0.25, 0.3) is 0 Å². The van der Waals surface area contributed by atoms with Crippen molar-refractivity contribution in [1.29, 1.82) is 0 Å². The molecule has 1 aromatic heterocycles. The van der Waals surface area contributed by atoms with Gasteiger partial charge in [0.25, 0.3) is 0 Å². The van der Waals surface area contributed by atoms with E-state index in [9.17, 15) is 0 Å². The van der Waals surface area contributed by atoms with Crippen LogP contribution in [0.3, 0.4) is 0 Å². The highest BCUT2D eigenvalue weighted by Crippen LogP contribution is 2.35. The summed E-state index contributed by atoms with van der Waals surface area (Å²) in [5.41, 5.74) is 6.81. The van der Waals surface area contributed by atoms with Crippen molar-refractivity contribution < 1.29 is 0 Å². The van der Waals surface area contributed by atoms with Gasteiger partial charge in [-0.3, -0.25) is 0 Å². The highest BCUT2D eigenvalue weighted by molar-refractivity contribution is 7.09. The minimum absolute atomic E-state index is 0.246. The maximum absolute atomic E-state index is 6.56. The third-order valence-corrected chi connectivity index (χ3v) is 5.52. The number of nitrogens with two attached hydrogens (primary N) is 1. The molecule has 1 saturated carbocycles. The molecule has 0 radical (unpaired) electrons. The predicted octanol–water partition coefficient (Wildman–Crippen LogP) is 3.27. The molecule has 2 rings (SSSR count). The molecule has 1 aliphatic rings. The predicted molar refractivity (Wildman–Crippen MR) is 80.1 cm³/mol. The average Bonchev–Trinajstić information content (AvgIpc) is 2.89. The monoisotopic (exact) mass is 266 g/mol. The lowest BCUT2D eigenvalue weighted by Crippen LogP contribution is -2.58. The van der Waals surface area contributed by atoms with E-state index in [4.69, 9.17) is 5.73 Å². The summed E-state index contributed by atoms with van der Waals surface area (Å²) in [6, 6.07) is 4.66. The average molecular weight is 266 g/mol. The summed E-state index contributed by atoms with van der Waals surface area (Å²) in [4.78, 5) is 3.86. The first kappa shape index (κ1) is 14.0. The van der Waals surface area contributed by atoms with Crippen LogP contribution in [0.5, 0.6) is 0 Å². The summed E-state index contributed by atoms with van der Waals surface area (Å²) < 4.78 is 0. The van der Waals surface area contributed by atoms with Crippen molar-refractivity contribution in [2.45, 2.75) is 56.5 Å². The van der Waals surface area contributed by atoms with Crippen LogP contribution >= 0.6 is 11.3 Å². The van der Waals surface area contributed by atoms with Crippen LogP contribution < -0.4 is 5.73 Å². The zero-order valence-electron chi connectivity index (χ0n) is 11.7. The fraction of sp³-hybridized carbons (Fsp3) is 0.733. The third-order valence-electron chi connectivity index (χ3n) is 4.58. The lowest BCUT2D eigenvalue weighted by molar-refractivity contribution is 0.0686. The summed E-state index contributed by atoms with van der Waals surface area (Å²) in [5, 5.41) is 2.16. The molecule has 0 bridgehead atoms.